The van der Waals surface area contributed by atoms with Gasteiger partial charge in [-0.1, -0.05) is 37.1 Å². The van der Waals surface area contributed by atoms with Crippen LogP contribution >= 0.6 is 11.6 Å². The highest BCUT2D eigenvalue weighted by Crippen LogP contribution is 2.27. The van der Waals surface area contributed by atoms with Crippen molar-refractivity contribution in [1.82, 2.24) is 0 Å². The highest BCUT2D eigenvalue weighted by Gasteiger charge is 2.15. The molecule has 0 aromatic heterocycles. The van der Waals surface area contributed by atoms with Crippen LogP contribution in [0.1, 0.15) is 30.1 Å². The molecule has 144 valence electrons. The molecular formula is C20H23ClN2O4. The van der Waals surface area contributed by atoms with Gasteiger partial charge in [-0.3, -0.25) is 4.79 Å². The standard InChI is InChI=1S/C20H23ClN2O4/c1-3-4-11-22-16-8-6-5-7-15(16)20(25)27-13-19(24)23-17-12-14(21)9-10-18(17)26-2/h5-10,12,22H,3-4,11,13H2,1-2H3,(H,23,24). The Bertz CT molecular complexity index is 795. The first-order chi connectivity index (χ1) is 13.0. The fraction of sp³-hybridized carbons (Fsp3) is 0.300. The number of ether oxygens (including phenoxy) is 2. The normalized spacial score (nSPS) is 10.2. The van der Waals surface area contributed by atoms with Crippen LogP contribution in [-0.4, -0.2) is 32.1 Å². The Hall–Kier alpha value is -2.73. The third-order valence-corrected chi connectivity index (χ3v) is 4.00. The number of hydrogen-bond donors (Lipinski definition) is 2. The molecule has 0 aliphatic carbocycles. The summed E-state index contributed by atoms with van der Waals surface area (Å²) in [5.41, 5.74) is 1.49. The maximum Gasteiger partial charge on any atom is 0.340 e. The van der Waals surface area contributed by atoms with E-state index in [1.807, 2.05) is 12.1 Å². The summed E-state index contributed by atoms with van der Waals surface area (Å²) in [5.74, 6) is -0.590. The van der Waals surface area contributed by atoms with E-state index < -0.39 is 18.5 Å². The summed E-state index contributed by atoms with van der Waals surface area (Å²) >= 11 is 5.94. The van der Waals surface area contributed by atoms with Gasteiger partial charge in [-0.25, -0.2) is 4.79 Å². The number of anilines is 2. The molecule has 2 rings (SSSR count). The van der Waals surface area contributed by atoms with E-state index >= 15 is 0 Å². The monoisotopic (exact) mass is 390 g/mol. The van der Waals surface area contributed by atoms with Crippen molar-refractivity contribution in [3.8, 4) is 5.75 Å². The second-order valence-corrected chi connectivity index (χ2v) is 6.23. The summed E-state index contributed by atoms with van der Waals surface area (Å²) in [5, 5.41) is 6.29. The van der Waals surface area contributed by atoms with Crippen LogP contribution in [0, 0.1) is 0 Å². The number of halogens is 1. The quantitative estimate of drug-likeness (QED) is 0.491. The van der Waals surface area contributed by atoms with Crippen LogP contribution in [0.4, 0.5) is 11.4 Å². The molecule has 2 N–H and O–H groups in total. The Morgan fingerprint density at radius 2 is 1.89 bits per heavy atom. The van der Waals surface area contributed by atoms with Gasteiger partial charge in [0.2, 0.25) is 0 Å². The molecule has 0 aliphatic rings. The highest BCUT2D eigenvalue weighted by atomic mass is 35.5. The zero-order chi connectivity index (χ0) is 19.6. The van der Waals surface area contributed by atoms with E-state index in [0.717, 1.165) is 19.4 Å². The van der Waals surface area contributed by atoms with Crippen LogP contribution in [0.3, 0.4) is 0 Å². The Balaban J connectivity index is 1.96. The average Bonchev–Trinajstić information content (AvgIpc) is 2.67. The molecule has 6 nitrogen and oxygen atoms in total. The highest BCUT2D eigenvalue weighted by molar-refractivity contribution is 6.31. The molecule has 1 amide bonds. The van der Waals surface area contributed by atoms with Crippen molar-refractivity contribution in [3.05, 3.63) is 53.1 Å². The molecule has 27 heavy (non-hydrogen) atoms. The molecule has 7 heteroatoms. The van der Waals surface area contributed by atoms with Gasteiger partial charge < -0.3 is 20.1 Å². The van der Waals surface area contributed by atoms with E-state index in [1.54, 1.807) is 30.3 Å². The predicted molar refractivity (Wildman–Crippen MR) is 107 cm³/mol. The van der Waals surface area contributed by atoms with Crippen LogP contribution < -0.4 is 15.4 Å². The summed E-state index contributed by atoms with van der Waals surface area (Å²) in [6.45, 7) is 2.43. The number of benzene rings is 2. The van der Waals surface area contributed by atoms with Crippen molar-refractivity contribution in [2.75, 3.05) is 30.9 Å². The summed E-state index contributed by atoms with van der Waals surface area (Å²) in [4.78, 5) is 24.5. The molecule has 0 bridgehead atoms. The molecule has 0 spiro atoms. The van der Waals surface area contributed by atoms with E-state index in [2.05, 4.69) is 17.6 Å². The third kappa shape index (κ3) is 6.18. The lowest BCUT2D eigenvalue weighted by atomic mass is 10.1. The van der Waals surface area contributed by atoms with Gasteiger partial charge in [-0.2, -0.15) is 0 Å². The lowest BCUT2D eigenvalue weighted by Gasteiger charge is -2.12. The van der Waals surface area contributed by atoms with Gasteiger partial charge >= 0.3 is 5.97 Å². The van der Waals surface area contributed by atoms with Gasteiger partial charge in [0.15, 0.2) is 6.61 Å². The van der Waals surface area contributed by atoms with Crippen LogP contribution in [0.25, 0.3) is 0 Å². The lowest BCUT2D eigenvalue weighted by molar-refractivity contribution is -0.119. The molecule has 0 saturated heterocycles. The molecule has 0 atom stereocenters. The number of carbonyl (C=O) groups is 2. The van der Waals surface area contributed by atoms with Crippen LogP contribution in [-0.2, 0) is 9.53 Å². The summed E-state index contributed by atoms with van der Waals surface area (Å²) in [6.07, 6.45) is 2.04. The van der Waals surface area contributed by atoms with Crippen molar-refractivity contribution in [2.45, 2.75) is 19.8 Å². The second kappa shape index (κ2) is 10.4. The van der Waals surface area contributed by atoms with E-state index in [4.69, 9.17) is 21.1 Å². The average molecular weight is 391 g/mol. The third-order valence-electron chi connectivity index (χ3n) is 3.76. The van der Waals surface area contributed by atoms with Crippen molar-refractivity contribution in [1.29, 1.82) is 0 Å². The van der Waals surface area contributed by atoms with Gasteiger partial charge in [-0.15, -0.1) is 0 Å². The smallest absolute Gasteiger partial charge is 0.340 e. The number of esters is 1. The van der Waals surface area contributed by atoms with E-state index in [0.29, 0.717) is 27.7 Å². The number of para-hydroxylation sites is 1. The van der Waals surface area contributed by atoms with Gasteiger partial charge in [0.05, 0.1) is 18.4 Å². The first-order valence-electron chi connectivity index (χ1n) is 8.68. The number of hydrogen-bond acceptors (Lipinski definition) is 5. The summed E-state index contributed by atoms with van der Waals surface area (Å²) < 4.78 is 10.3. The van der Waals surface area contributed by atoms with Crippen LogP contribution in [0.2, 0.25) is 5.02 Å². The first-order valence-corrected chi connectivity index (χ1v) is 9.06. The molecule has 0 unspecified atom stereocenters. The zero-order valence-corrected chi connectivity index (χ0v) is 16.1. The summed E-state index contributed by atoms with van der Waals surface area (Å²) in [7, 11) is 1.49. The fourth-order valence-electron chi connectivity index (χ4n) is 2.39. The van der Waals surface area contributed by atoms with E-state index in [9.17, 15) is 9.59 Å². The number of nitrogens with one attached hydrogen (secondary N) is 2. The molecule has 0 radical (unpaired) electrons. The molecular weight excluding hydrogens is 368 g/mol. The Morgan fingerprint density at radius 3 is 2.63 bits per heavy atom. The Labute approximate surface area is 163 Å². The van der Waals surface area contributed by atoms with Crippen molar-refractivity contribution >= 4 is 34.9 Å². The van der Waals surface area contributed by atoms with Gasteiger partial charge in [0.1, 0.15) is 5.75 Å². The number of rotatable bonds is 9. The molecule has 2 aromatic rings. The van der Waals surface area contributed by atoms with Crippen molar-refractivity contribution in [3.63, 3.8) is 0 Å². The van der Waals surface area contributed by atoms with Crippen LogP contribution in [0.5, 0.6) is 5.75 Å². The maximum absolute atomic E-state index is 12.3. The lowest BCUT2D eigenvalue weighted by Crippen LogP contribution is -2.21. The number of carbonyl (C=O) groups excluding carboxylic acids is 2. The SMILES string of the molecule is CCCCNc1ccccc1C(=O)OCC(=O)Nc1cc(Cl)ccc1OC. The summed E-state index contributed by atoms with van der Waals surface area (Å²) in [6, 6.07) is 11.9. The predicted octanol–water partition coefficient (Wildman–Crippen LogP) is 4.36. The first kappa shape index (κ1) is 20.6. The minimum Gasteiger partial charge on any atom is -0.495 e. The van der Waals surface area contributed by atoms with Crippen molar-refractivity contribution < 1.29 is 19.1 Å². The molecule has 0 aliphatic heterocycles. The molecule has 0 fully saturated rings. The minimum absolute atomic E-state index is 0.390. The topological polar surface area (TPSA) is 76.7 Å². The number of unbranched alkanes of at least 4 members (excludes halogenated alkanes) is 1. The number of amides is 1. The Kier molecular flexibility index (Phi) is 7.95. The fourth-order valence-corrected chi connectivity index (χ4v) is 2.56. The van der Waals surface area contributed by atoms with Gasteiger partial charge in [0.25, 0.3) is 5.91 Å². The minimum atomic E-state index is -0.567. The second-order valence-electron chi connectivity index (χ2n) is 5.79. The largest absolute Gasteiger partial charge is 0.495 e. The molecule has 0 heterocycles. The van der Waals surface area contributed by atoms with Gasteiger partial charge in [0, 0.05) is 17.3 Å². The van der Waals surface area contributed by atoms with Crippen LogP contribution in [0.15, 0.2) is 42.5 Å². The molecule has 2 aromatic carbocycles. The zero-order valence-electron chi connectivity index (χ0n) is 15.4. The number of methoxy groups -OCH3 is 1. The van der Waals surface area contributed by atoms with E-state index in [1.165, 1.54) is 7.11 Å². The maximum atomic E-state index is 12.3. The van der Waals surface area contributed by atoms with Gasteiger partial charge in [-0.05, 0) is 36.8 Å². The Morgan fingerprint density at radius 1 is 1.11 bits per heavy atom. The van der Waals surface area contributed by atoms with E-state index in [-0.39, 0.29) is 0 Å². The molecule has 0 saturated carbocycles. The van der Waals surface area contributed by atoms with Crippen molar-refractivity contribution in [2.24, 2.45) is 0 Å².